The van der Waals surface area contributed by atoms with Crippen LogP contribution in [0.2, 0.25) is 0 Å². The molecule has 0 saturated carbocycles. The van der Waals surface area contributed by atoms with Gasteiger partial charge in [-0.2, -0.15) is 5.10 Å². The number of aromatic hydroxyl groups is 1. The Morgan fingerprint density at radius 1 is 1.11 bits per heavy atom. The van der Waals surface area contributed by atoms with Crippen molar-refractivity contribution in [2.45, 2.75) is 39.0 Å². The van der Waals surface area contributed by atoms with Gasteiger partial charge in [-0.15, -0.1) is 0 Å². The minimum atomic E-state index is -1.16. The molecule has 0 aliphatic heterocycles. The molecular weight excluding hydrogens is 475 g/mol. The highest BCUT2D eigenvalue weighted by atomic mass is 19.1. The Hall–Kier alpha value is -4.53. The van der Waals surface area contributed by atoms with Crippen molar-refractivity contribution in [2.24, 2.45) is 5.10 Å². The highest BCUT2D eigenvalue weighted by molar-refractivity contribution is 6.67. The van der Waals surface area contributed by atoms with Crippen molar-refractivity contribution in [3.05, 3.63) is 77.1 Å². The average molecular weight is 503 g/mol. The predicted octanol–water partition coefficient (Wildman–Crippen LogP) is 5.57. The largest absolute Gasteiger partial charge is 0.505 e. The first kappa shape index (κ1) is 25.6. The van der Waals surface area contributed by atoms with E-state index >= 15 is 0 Å². The van der Waals surface area contributed by atoms with Gasteiger partial charge in [-0.25, -0.2) is 9.18 Å². The second-order valence-electron chi connectivity index (χ2n) is 9.64. The van der Waals surface area contributed by atoms with Crippen LogP contribution in [0.4, 0.5) is 15.8 Å². The number of nitrogens with one attached hydrogen (secondary N) is 3. The molecule has 5 N–H and O–H groups in total. The number of hydrogen-bond acceptors (Lipinski definition) is 6. The second kappa shape index (κ2) is 9.85. The molecule has 0 bridgehead atoms. The van der Waals surface area contributed by atoms with E-state index in [2.05, 4.69) is 29.7 Å². The number of rotatable bonds is 7. The second-order valence-corrected chi connectivity index (χ2v) is 9.64. The fraction of sp³-hybridized carbons (Fsp3) is 0.214. The first-order chi connectivity index (χ1) is 17.5. The molecule has 0 atom stereocenters. The monoisotopic (exact) mass is 502 g/mol. The molecule has 0 saturated heterocycles. The number of hydrazone groups is 1. The molecule has 3 aromatic rings. The predicted molar refractivity (Wildman–Crippen MR) is 141 cm³/mol. The maximum absolute atomic E-state index is 14.4. The summed E-state index contributed by atoms with van der Waals surface area (Å²) >= 11 is 0. The van der Waals surface area contributed by atoms with Crippen LogP contribution < -0.4 is 10.7 Å². The zero-order chi connectivity index (χ0) is 26.9. The number of benzene rings is 3. The molecule has 190 valence electrons. The lowest BCUT2D eigenvalue weighted by Crippen LogP contribution is -2.29. The Morgan fingerprint density at radius 3 is 2.57 bits per heavy atom. The van der Waals surface area contributed by atoms with Crippen molar-refractivity contribution in [1.29, 1.82) is 5.41 Å². The molecule has 0 unspecified atom stereocenters. The highest BCUT2D eigenvalue weighted by Crippen LogP contribution is 2.40. The molecule has 0 radical (unpaired) electrons. The molecule has 0 fully saturated rings. The SMILES string of the molecule is CC(=N)/C(=N/Nc1cc(F)cc(-c2cccc(C(=O)O)c2)c1O)C(=O)Nc1ccc2c(c1)C(C)(C)CC2. The molecular formula is C28H27FN4O4. The molecule has 1 aliphatic carbocycles. The van der Waals surface area contributed by atoms with Gasteiger partial charge in [0.05, 0.1) is 11.3 Å². The van der Waals surface area contributed by atoms with Crippen LogP contribution in [-0.4, -0.2) is 33.5 Å². The van der Waals surface area contributed by atoms with E-state index in [-0.39, 0.29) is 39.2 Å². The molecule has 1 aliphatic rings. The van der Waals surface area contributed by atoms with E-state index < -0.39 is 23.4 Å². The van der Waals surface area contributed by atoms with Gasteiger partial charge < -0.3 is 20.9 Å². The molecule has 9 heteroatoms. The van der Waals surface area contributed by atoms with Crippen LogP contribution in [0, 0.1) is 11.2 Å². The van der Waals surface area contributed by atoms with Crippen molar-refractivity contribution in [2.75, 3.05) is 10.7 Å². The number of amides is 1. The number of aryl methyl sites for hydroxylation is 1. The third-order valence-corrected chi connectivity index (χ3v) is 6.47. The summed E-state index contributed by atoms with van der Waals surface area (Å²) in [5.74, 6) is -2.91. The summed E-state index contributed by atoms with van der Waals surface area (Å²) in [4.78, 5) is 24.3. The smallest absolute Gasteiger partial charge is 0.335 e. The molecule has 37 heavy (non-hydrogen) atoms. The van der Waals surface area contributed by atoms with Gasteiger partial charge >= 0.3 is 5.97 Å². The van der Waals surface area contributed by atoms with Gasteiger partial charge in [0.15, 0.2) is 5.71 Å². The lowest BCUT2D eigenvalue weighted by Gasteiger charge is -2.19. The average Bonchev–Trinajstić information content (AvgIpc) is 3.14. The fourth-order valence-corrected chi connectivity index (χ4v) is 4.42. The van der Waals surface area contributed by atoms with E-state index in [9.17, 15) is 24.2 Å². The van der Waals surface area contributed by atoms with Gasteiger partial charge in [-0.1, -0.05) is 32.0 Å². The topological polar surface area (TPSA) is 135 Å². The van der Waals surface area contributed by atoms with Crippen molar-refractivity contribution in [3.8, 4) is 16.9 Å². The number of carbonyl (C=O) groups excluding carboxylic acids is 1. The van der Waals surface area contributed by atoms with Gasteiger partial charge in [-0.05, 0) is 72.2 Å². The van der Waals surface area contributed by atoms with Crippen LogP contribution in [0.1, 0.15) is 48.7 Å². The van der Waals surface area contributed by atoms with Gasteiger partial charge in [0.25, 0.3) is 5.91 Å². The number of phenols is 1. The number of aromatic carboxylic acids is 1. The zero-order valence-electron chi connectivity index (χ0n) is 20.6. The summed E-state index contributed by atoms with van der Waals surface area (Å²) in [6, 6.07) is 13.5. The number of fused-ring (bicyclic) bond motifs is 1. The Balaban J connectivity index is 1.61. The lowest BCUT2D eigenvalue weighted by molar-refractivity contribution is -0.110. The lowest BCUT2D eigenvalue weighted by atomic mass is 9.86. The van der Waals surface area contributed by atoms with Crippen LogP contribution in [0.3, 0.4) is 0 Å². The minimum absolute atomic E-state index is 0.00259. The molecule has 4 rings (SSSR count). The molecule has 3 aromatic carbocycles. The minimum Gasteiger partial charge on any atom is -0.505 e. The van der Waals surface area contributed by atoms with Gasteiger partial charge in [-0.3, -0.25) is 10.2 Å². The Kier molecular flexibility index (Phi) is 6.80. The summed E-state index contributed by atoms with van der Waals surface area (Å²) < 4.78 is 14.4. The number of phenolic OH excluding ortho intramolecular Hbond substituents is 1. The number of halogens is 1. The molecule has 1 amide bonds. The van der Waals surface area contributed by atoms with Crippen LogP contribution in [0.25, 0.3) is 11.1 Å². The van der Waals surface area contributed by atoms with Crippen molar-refractivity contribution < 1.29 is 24.2 Å². The number of carbonyl (C=O) groups is 2. The number of anilines is 2. The zero-order valence-corrected chi connectivity index (χ0v) is 20.6. The Morgan fingerprint density at radius 2 is 1.86 bits per heavy atom. The van der Waals surface area contributed by atoms with Crippen molar-refractivity contribution >= 4 is 34.7 Å². The summed E-state index contributed by atoms with van der Waals surface area (Å²) in [6.45, 7) is 5.70. The third kappa shape index (κ3) is 5.35. The van der Waals surface area contributed by atoms with E-state index in [4.69, 9.17) is 5.41 Å². The Bertz CT molecular complexity index is 1460. The van der Waals surface area contributed by atoms with E-state index in [0.717, 1.165) is 30.5 Å². The number of carboxylic acid groups (broad SMARTS) is 1. The van der Waals surface area contributed by atoms with Crippen LogP contribution in [0.5, 0.6) is 5.75 Å². The molecule has 0 spiro atoms. The first-order valence-electron chi connectivity index (χ1n) is 11.7. The van der Waals surface area contributed by atoms with E-state index in [1.807, 2.05) is 12.1 Å². The van der Waals surface area contributed by atoms with E-state index in [1.165, 1.54) is 36.8 Å². The van der Waals surface area contributed by atoms with Crippen LogP contribution in [0.15, 0.2) is 59.7 Å². The van der Waals surface area contributed by atoms with Crippen LogP contribution in [-0.2, 0) is 16.6 Å². The van der Waals surface area contributed by atoms with Gasteiger partial charge in [0.1, 0.15) is 17.3 Å². The van der Waals surface area contributed by atoms with Gasteiger partial charge in [0, 0.05) is 17.3 Å². The first-order valence-corrected chi connectivity index (χ1v) is 11.7. The van der Waals surface area contributed by atoms with Crippen molar-refractivity contribution in [3.63, 3.8) is 0 Å². The number of hydrogen-bond donors (Lipinski definition) is 5. The summed E-state index contributed by atoms with van der Waals surface area (Å²) in [5.41, 5.74) is 5.22. The number of carboxylic acids is 1. The van der Waals surface area contributed by atoms with Crippen LogP contribution >= 0.6 is 0 Å². The summed E-state index contributed by atoms with van der Waals surface area (Å²) in [6.07, 6.45) is 2.00. The van der Waals surface area contributed by atoms with E-state index in [0.29, 0.717) is 5.69 Å². The molecule has 8 nitrogen and oxygen atoms in total. The summed E-state index contributed by atoms with van der Waals surface area (Å²) in [5, 5.41) is 34.8. The van der Waals surface area contributed by atoms with Crippen molar-refractivity contribution in [1.82, 2.24) is 0 Å². The maximum atomic E-state index is 14.4. The van der Waals surface area contributed by atoms with E-state index in [1.54, 1.807) is 6.07 Å². The maximum Gasteiger partial charge on any atom is 0.335 e. The summed E-state index contributed by atoms with van der Waals surface area (Å²) in [7, 11) is 0. The standard InChI is InChI=1S/C28H27FN4O4/c1-15(30)24(26(35)31-20-8-7-16-9-10-28(2,3)22(16)14-20)33-32-23-13-19(29)12-21(25(23)34)17-5-4-6-18(11-17)27(36)37/h4-8,11-14,30,32,34H,9-10H2,1-3H3,(H,31,35)(H,36,37)/b30-15?,33-24-. The highest BCUT2D eigenvalue weighted by Gasteiger charge is 2.30. The Labute approximate surface area is 213 Å². The molecule has 0 aromatic heterocycles. The van der Waals surface area contributed by atoms with Gasteiger partial charge in [0.2, 0.25) is 0 Å². The third-order valence-electron chi connectivity index (χ3n) is 6.47. The normalized spacial score (nSPS) is 14.1. The quantitative estimate of drug-likeness (QED) is 0.164. The molecule has 0 heterocycles. The number of nitrogens with zero attached hydrogens (tertiary/aromatic N) is 1. The fourth-order valence-electron chi connectivity index (χ4n) is 4.42.